The van der Waals surface area contributed by atoms with Crippen LogP contribution in [0, 0.1) is 0 Å². The summed E-state index contributed by atoms with van der Waals surface area (Å²) in [6.07, 6.45) is 18.4. The smallest absolute Gasteiger partial charge is 0.134 e. The second-order valence-electron chi connectivity index (χ2n) is 11.2. The van der Waals surface area contributed by atoms with E-state index < -0.39 is 0 Å². The zero-order valence-electron chi connectivity index (χ0n) is 22.5. The van der Waals surface area contributed by atoms with Gasteiger partial charge in [0.2, 0.25) is 0 Å². The van der Waals surface area contributed by atoms with Crippen LogP contribution in [-0.2, 0) is 22.3 Å². The van der Waals surface area contributed by atoms with E-state index in [2.05, 4.69) is 18.7 Å². The maximum Gasteiger partial charge on any atom is 0.134 e. The summed E-state index contributed by atoms with van der Waals surface area (Å²) < 4.78 is 12.3. The van der Waals surface area contributed by atoms with Crippen LogP contribution in [0.2, 0.25) is 0 Å². The maximum absolute atomic E-state index is 6.76. The summed E-state index contributed by atoms with van der Waals surface area (Å²) >= 11 is 0. The van der Waals surface area contributed by atoms with Gasteiger partial charge in [-0.05, 0) is 71.1 Å². The van der Waals surface area contributed by atoms with E-state index in [1.165, 1.54) is 69.0 Å². The highest BCUT2D eigenvalue weighted by molar-refractivity contribution is 5.43. The molecule has 4 rings (SSSR count). The molecule has 1 aromatic rings. The van der Waals surface area contributed by atoms with Gasteiger partial charge in [-0.3, -0.25) is 4.90 Å². The lowest BCUT2D eigenvalue weighted by Gasteiger charge is -2.35. The third-order valence-electron chi connectivity index (χ3n) is 8.63. The fraction of sp³-hybridized carbons (Fsp3) is 0.862. The summed E-state index contributed by atoms with van der Waals surface area (Å²) in [5.74, 6) is 2.17. The number of anilines is 1. The number of hydrogen-bond acceptors (Lipinski definition) is 6. The molecule has 0 radical (unpaired) electrons. The molecule has 1 aliphatic heterocycles. The van der Waals surface area contributed by atoms with Crippen LogP contribution >= 0.6 is 0 Å². The highest BCUT2D eigenvalue weighted by atomic mass is 16.5. The number of hydrogen-bond donors (Lipinski definition) is 1. The molecule has 0 aromatic carbocycles. The van der Waals surface area contributed by atoms with Crippen LogP contribution in [0.25, 0.3) is 0 Å². The molecule has 4 unspecified atom stereocenters. The van der Waals surface area contributed by atoms with Crippen molar-refractivity contribution in [3.63, 3.8) is 0 Å². The topological polar surface area (TPSA) is 73.5 Å². The van der Waals surface area contributed by atoms with Crippen molar-refractivity contribution in [3.8, 4) is 0 Å². The molecule has 2 N–H and O–H groups in total. The molecule has 1 saturated heterocycles. The molecule has 0 spiro atoms. The van der Waals surface area contributed by atoms with Crippen molar-refractivity contribution >= 4 is 5.82 Å². The van der Waals surface area contributed by atoms with Gasteiger partial charge in [-0.15, -0.1) is 0 Å². The van der Waals surface area contributed by atoms with Gasteiger partial charge in [0.15, 0.2) is 0 Å². The Hall–Kier alpha value is -1.24. The summed E-state index contributed by atoms with van der Waals surface area (Å²) in [5.41, 5.74) is 9.00. The zero-order valence-corrected chi connectivity index (χ0v) is 22.5. The molecule has 3 aliphatic rings. The van der Waals surface area contributed by atoms with Gasteiger partial charge in [-0.25, -0.2) is 9.97 Å². The first-order valence-electron chi connectivity index (χ1n) is 14.8. The molecule has 6 nitrogen and oxygen atoms in total. The van der Waals surface area contributed by atoms with E-state index >= 15 is 0 Å². The van der Waals surface area contributed by atoms with Gasteiger partial charge in [-0.2, -0.15) is 0 Å². The highest BCUT2D eigenvalue weighted by Gasteiger charge is 2.26. The standard InChI is InChI=1S/C29H50N4O2/c1-3-24(21-22(2)33-17-19-34-20-18-33)35-25-12-10-9-11-23(15-16-25)29-31-27-14-8-6-4-5-7-13-26(27)28(30)32-29/h22-25H,3-21H2,1-2H3,(H2,30,31,32). The van der Waals surface area contributed by atoms with Crippen molar-refractivity contribution in [2.45, 2.75) is 134 Å². The lowest BCUT2D eigenvalue weighted by atomic mass is 9.88. The van der Waals surface area contributed by atoms with Crippen molar-refractivity contribution in [1.29, 1.82) is 0 Å². The van der Waals surface area contributed by atoms with Crippen LogP contribution in [0.3, 0.4) is 0 Å². The van der Waals surface area contributed by atoms with Crippen LogP contribution in [0.4, 0.5) is 5.82 Å². The van der Waals surface area contributed by atoms with Crippen molar-refractivity contribution < 1.29 is 9.47 Å². The minimum atomic E-state index is 0.336. The minimum absolute atomic E-state index is 0.336. The monoisotopic (exact) mass is 486 g/mol. The van der Waals surface area contributed by atoms with E-state index in [0.29, 0.717) is 24.2 Å². The number of fused-ring (bicyclic) bond motifs is 1. The molecule has 6 heteroatoms. The molecular formula is C29H50N4O2. The third kappa shape index (κ3) is 7.87. The molecule has 198 valence electrons. The van der Waals surface area contributed by atoms with Crippen molar-refractivity contribution in [2.24, 2.45) is 0 Å². The van der Waals surface area contributed by atoms with Crippen molar-refractivity contribution in [3.05, 3.63) is 17.1 Å². The zero-order chi connectivity index (χ0) is 24.5. The Morgan fingerprint density at radius 3 is 2.49 bits per heavy atom. The Labute approximate surface area is 213 Å². The molecule has 35 heavy (non-hydrogen) atoms. The predicted molar refractivity (Wildman–Crippen MR) is 143 cm³/mol. The minimum Gasteiger partial charge on any atom is -0.383 e. The first-order chi connectivity index (χ1) is 17.1. The summed E-state index contributed by atoms with van der Waals surface area (Å²) in [5, 5.41) is 0. The summed E-state index contributed by atoms with van der Waals surface area (Å²) in [6, 6.07) is 0.550. The average Bonchev–Trinajstić information content (AvgIpc) is 2.98. The second kappa shape index (κ2) is 13.9. The van der Waals surface area contributed by atoms with Crippen molar-refractivity contribution in [2.75, 3.05) is 32.0 Å². The SMILES string of the molecule is CCC(CC(C)N1CCOCC1)OC1CCCCC(c2nc(N)c3c(n2)CCCCCCC3)CC1. The molecule has 2 aliphatic carbocycles. The van der Waals surface area contributed by atoms with Gasteiger partial charge >= 0.3 is 0 Å². The molecular weight excluding hydrogens is 436 g/mol. The van der Waals surface area contributed by atoms with E-state index in [9.17, 15) is 0 Å². The first kappa shape index (κ1) is 26.8. The lowest BCUT2D eigenvalue weighted by molar-refractivity contribution is -0.0494. The quantitative estimate of drug-likeness (QED) is 0.523. The summed E-state index contributed by atoms with van der Waals surface area (Å²) in [7, 11) is 0. The summed E-state index contributed by atoms with van der Waals surface area (Å²) in [6.45, 7) is 8.45. The number of rotatable bonds is 7. The third-order valence-corrected chi connectivity index (χ3v) is 8.63. The first-order valence-corrected chi connectivity index (χ1v) is 14.8. The predicted octanol–water partition coefficient (Wildman–Crippen LogP) is 5.82. The number of aromatic nitrogens is 2. The normalized spacial score (nSPS) is 26.9. The van der Waals surface area contributed by atoms with Crippen LogP contribution in [0.5, 0.6) is 0 Å². The van der Waals surface area contributed by atoms with Crippen LogP contribution < -0.4 is 5.73 Å². The number of ether oxygens (including phenoxy) is 2. The van der Waals surface area contributed by atoms with E-state index in [4.69, 9.17) is 25.2 Å². The maximum atomic E-state index is 6.76. The number of nitrogens with two attached hydrogens (primary N) is 1. The fourth-order valence-electron chi connectivity index (χ4n) is 6.33. The number of aryl methyl sites for hydroxylation is 1. The van der Waals surface area contributed by atoms with E-state index in [-0.39, 0.29) is 0 Å². The molecule has 0 bridgehead atoms. The molecule has 0 amide bonds. The Morgan fingerprint density at radius 1 is 0.943 bits per heavy atom. The molecule has 1 aromatic heterocycles. The Kier molecular flexibility index (Phi) is 10.6. The van der Waals surface area contributed by atoms with Crippen LogP contribution in [0.15, 0.2) is 0 Å². The van der Waals surface area contributed by atoms with Crippen LogP contribution in [-0.4, -0.2) is 59.4 Å². The molecule has 4 atom stereocenters. The average molecular weight is 487 g/mol. The number of nitrogens with zero attached hydrogens (tertiary/aromatic N) is 3. The molecule has 2 heterocycles. The van der Waals surface area contributed by atoms with E-state index in [0.717, 1.165) is 76.5 Å². The highest BCUT2D eigenvalue weighted by Crippen LogP contribution is 2.33. The van der Waals surface area contributed by atoms with Gasteiger partial charge in [0.05, 0.1) is 25.4 Å². The van der Waals surface area contributed by atoms with Crippen molar-refractivity contribution in [1.82, 2.24) is 14.9 Å². The lowest BCUT2D eigenvalue weighted by Crippen LogP contribution is -2.44. The Balaban J connectivity index is 1.36. The molecule has 2 fully saturated rings. The van der Waals surface area contributed by atoms with E-state index in [1.807, 2.05) is 0 Å². The van der Waals surface area contributed by atoms with Gasteiger partial charge in [0.1, 0.15) is 11.6 Å². The fourth-order valence-corrected chi connectivity index (χ4v) is 6.33. The Morgan fingerprint density at radius 2 is 1.69 bits per heavy atom. The van der Waals surface area contributed by atoms with Gasteiger partial charge < -0.3 is 15.2 Å². The summed E-state index contributed by atoms with van der Waals surface area (Å²) in [4.78, 5) is 12.6. The Bertz CT molecular complexity index is 767. The number of morpholine rings is 1. The second-order valence-corrected chi connectivity index (χ2v) is 11.2. The molecule has 1 saturated carbocycles. The van der Waals surface area contributed by atoms with Gasteiger partial charge in [-0.1, -0.05) is 39.0 Å². The van der Waals surface area contributed by atoms with Gasteiger partial charge in [0.25, 0.3) is 0 Å². The number of nitrogen functional groups attached to an aromatic ring is 1. The van der Waals surface area contributed by atoms with Crippen LogP contribution in [0.1, 0.15) is 120 Å². The largest absolute Gasteiger partial charge is 0.383 e. The van der Waals surface area contributed by atoms with E-state index in [1.54, 1.807) is 0 Å². The van der Waals surface area contributed by atoms with Gasteiger partial charge in [0, 0.05) is 36.3 Å².